The molecule has 1 rings (SSSR count). The summed E-state index contributed by atoms with van der Waals surface area (Å²) in [6.45, 7) is 6.20. The van der Waals surface area contributed by atoms with Gasteiger partial charge in [-0.3, -0.25) is 4.79 Å². The fourth-order valence-corrected chi connectivity index (χ4v) is 2.66. The Hall–Kier alpha value is -0.870. The summed E-state index contributed by atoms with van der Waals surface area (Å²) in [6, 6.07) is 3.79. The number of nitrogens with two attached hydrogens (primary N) is 1. The molecule has 3 atom stereocenters. The van der Waals surface area contributed by atoms with Crippen molar-refractivity contribution in [2.24, 2.45) is 11.7 Å². The fraction of sp³-hybridized carbons (Fsp3) is 0.643. The van der Waals surface area contributed by atoms with Gasteiger partial charge >= 0.3 is 0 Å². The van der Waals surface area contributed by atoms with Crippen molar-refractivity contribution >= 4 is 17.2 Å². The van der Waals surface area contributed by atoms with Gasteiger partial charge in [-0.05, 0) is 23.8 Å². The van der Waals surface area contributed by atoms with Crippen LogP contribution >= 0.6 is 11.3 Å². The van der Waals surface area contributed by atoms with Crippen molar-refractivity contribution in [3.63, 3.8) is 0 Å². The minimum atomic E-state index is -0.408. The first-order chi connectivity index (χ1) is 8.60. The summed E-state index contributed by atoms with van der Waals surface area (Å²) in [7, 11) is 0. The Balaban J connectivity index is 2.64. The van der Waals surface area contributed by atoms with Crippen LogP contribution in [-0.2, 0) is 4.79 Å². The molecule has 0 spiro atoms. The lowest BCUT2D eigenvalue weighted by molar-refractivity contribution is -0.124. The van der Waals surface area contributed by atoms with E-state index in [1.807, 2.05) is 18.4 Å². The van der Waals surface area contributed by atoms with Gasteiger partial charge in [0.05, 0.1) is 12.1 Å². The predicted octanol–water partition coefficient (Wildman–Crippen LogP) is 3.08. The van der Waals surface area contributed by atoms with Gasteiger partial charge in [0.2, 0.25) is 5.91 Å². The zero-order valence-corrected chi connectivity index (χ0v) is 12.3. The maximum absolute atomic E-state index is 12.1. The van der Waals surface area contributed by atoms with Gasteiger partial charge < -0.3 is 11.1 Å². The first kappa shape index (κ1) is 15.2. The second kappa shape index (κ2) is 7.54. The summed E-state index contributed by atoms with van der Waals surface area (Å²) in [5.74, 6) is 0.187. The molecule has 0 aliphatic carbocycles. The largest absolute Gasteiger partial charge is 0.347 e. The second-order valence-electron chi connectivity index (χ2n) is 4.78. The van der Waals surface area contributed by atoms with Gasteiger partial charge in [0, 0.05) is 4.88 Å². The third kappa shape index (κ3) is 4.10. The van der Waals surface area contributed by atoms with Gasteiger partial charge in [0.25, 0.3) is 0 Å². The Kier molecular flexibility index (Phi) is 6.36. The van der Waals surface area contributed by atoms with Crippen LogP contribution in [0.1, 0.15) is 51.0 Å². The van der Waals surface area contributed by atoms with E-state index in [1.54, 1.807) is 11.3 Å². The highest BCUT2D eigenvalue weighted by Gasteiger charge is 2.22. The van der Waals surface area contributed by atoms with Crippen LogP contribution in [0.15, 0.2) is 17.5 Å². The standard InChI is InChI=1S/C14H24N2OS/c1-4-7-11(12-8-6-9-18-12)16-14(17)13(15)10(3)5-2/h6,8-11,13H,4-5,7,15H2,1-3H3,(H,16,17)/t10?,11?,13-/m0/s1. The fourth-order valence-electron chi connectivity index (χ4n) is 1.84. The molecule has 0 fully saturated rings. The van der Waals surface area contributed by atoms with E-state index in [-0.39, 0.29) is 17.9 Å². The molecule has 0 radical (unpaired) electrons. The van der Waals surface area contributed by atoms with Gasteiger partial charge in [-0.2, -0.15) is 0 Å². The van der Waals surface area contributed by atoms with Crippen LogP contribution in [0, 0.1) is 5.92 Å². The lowest BCUT2D eigenvalue weighted by Crippen LogP contribution is -2.45. The zero-order chi connectivity index (χ0) is 13.5. The molecule has 1 aromatic rings. The maximum Gasteiger partial charge on any atom is 0.237 e. The molecule has 0 aliphatic heterocycles. The molecule has 1 aromatic heterocycles. The average Bonchev–Trinajstić information content (AvgIpc) is 2.90. The predicted molar refractivity (Wildman–Crippen MR) is 77.5 cm³/mol. The maximum atomic E-state index is 12.1. The van der Waals surface area contributed by atoms with Crippen molar-refractivity contribution < 1.29 is 4.79 Å². The van der Waals surface area contributed by atoms with Gasteiger partial charge in [0.1, 0.15) is 0 Å². The van der Waals surface area contributed by atoms with E-state index in [4.69, 9.17) is 5.73 Å². The highest BCUT2D eigenvalue weighted by molar-refractivity contribution is 7.10. The third-order valence-corrected chi connectivity index (χ3v) is 4.33. The van der Waals surface area contributed by atoms with E-state index in [0.29, 0.717) is 0 Å². The van der Waals surface area contributed by atoms with Gasteiger partial charge in [0.15, 0.2) is 0 Å². The van der Waals surface area contributed by atoms with Gasteiger partial charge in [-0.1, -0.05) is 39.7 Å². The normalized spacial score (nSPS) is 16.0. The van der Waals surface area contributed by atoms with E-state index in [9.17, 15) is 4.79 Å². The molecule has 3 nitrogen and oxygen atoms in total. The highest BCUT2D eigenvalue weighted by atomic mass is 32.1. The summed E-state index contributed by atoms with van der Waals surface area (Å²) in [5, 5.41) is 5.12. The minimum Gasteiger partial charge on any atom is -0.347 e. The summed E-state index contributed by atoms with van der Waals surface area (Å²) in [4.78, 5) is 13.3. The Bertz CT molecular complexity index is 351. The average molecular weight is 268 g/mol. The number of thiophene rings is 1. The zero-order valence-electron chi connectivity index (χ0n) is 11.5. The number of carbonyl (C=O) groups excluding carboxylic acids is 1. The highest BCUT2D eigenvalue weighted by Crippen LogP contribution is 2.23. The summed E-state index contributed by atoms with van der Waals surface area (Å²) < 4.78 is 0. The summed E-state index contributed by atoms with van der Waals surface area (Å²) in [6.07, 6.45) is 2.92. The number of amides is 1. The van der Waals surface area contributed by atoms with Crippen LogP contribution in [0.4, 0.5) is 0 Å². The molecule has 102 valence electrons. The number of rotatable bonds is 7. The first-order valence-electron chi connectivity index (χ1n) is 6.69. The van der Waals surface area contributed by atoms with Crippen molar-refractivity contribution in [3.8, 4) is 0 Å². The number of hydrogen-bond donors (Lipinski definition) is 2. The molecule has 18 heavy (non-hydrogen) atoms. The molecule has 2 unspecified atom stereocenters. The number of carbonyl (C=O) groups is 1. The Morgan fingerprint density at radius 1 is 1.50 bits per heavy atom. The quantitative estimate of drug-likeness (QED) is 0.798. The van der Waals surface area contributed by atoms with Crippen molar-refractivity contribution in [3.05, 3.63) is 22.4 Å². The summed E-state index contributed by atoms with van der Waals surface area (Å²) in [5.41, 5.74) is 5.96. The van der Waals surface area contributed by atoms with Crippen LogP contribution in [0.3, 0.4) is 0 Å². The third-order valence-electron chi connectivity index (χ3n) is 3.34. The Morgan fingerprint density at radius 2 is 2.22 bits per heavy atom. The minimum absolute atomic E-state index is 0.0313. The number of hydrogen-bond acceptors (Lipinski definition) is 3. The van der Waals surface area contributed by atoms with Crippen LogP contribution in [0.5, 0.6) is 0 Å². The van der Waals surface area contributed by atoms with E-state index in [2.05, 4.69) is 25.2 Å². The lowest BCUT2D eigenvalue weighted by Gasteiger charge is -2.22. The van der Waals surface area contributed by atoms with E-state index >= 15 is 0 Å². The van der Waals surface area contributed by atoms with Crippen molar-refractivity contribution in [1.82, 2.24) is 5.32 Å². The SMILES string of the molecule is CCCC(NC(=O)[C@@H](N)C(C)CC)c1cccs1. The van der Waals surface area contributed by atoms with Crippen LogP contribution in [-0.4, -0.2) is 11.9 Å². The molecular formula is C14H24N2OS. The smallest absolute Gasteiger partial charge is 0.237 e. The molecule has 0 bridgehead atoms. The molecule has 0 aromatic carbocycles. The number of nitrogens with one attached hydrogen (secondary N) is 1. The Morgan fingerprint density at radius 3 is 2.72 bits per heavy atom. The van der Waals surface area contributed by atoms with E-state index in [1.165, 1.54) is 4.88 Å². The van der Waals surface area contributed by atoms with Crippen LogP contribution in [0.2, 0.25) is 0 Å². The van der Waals surface area contributed by atoms with Gasteiger partial charge in [-0.25, -0.2) is 0 Å². The van der Waals surface area contributed by atoms with E-state index < -0.39 is 6.04 Å². The molecule has 0 saturated carbocycles. The molecule has 0 saturated heterocycles. The first-order valence-corrected chi connectivity index (χ1v) is 7.57. The van der Waals surface area contributed by atoms with Crippen molar-refractivity contribution in [2.45, 2.75) is 52.1 Å². The molecule has 1 heterocycles. The summed E-state index contributed by atoms with van der Waals surface area (Å²) >= 11 is 1.68. The Labute approximate surface area is 114 Å². The molecule has 4 heteroatoms. The van der Waals surface area contributed by atoms with Crippen molar-refractivity contribution in [2.75, 3.05) is 0 Å². The van der Waals surface area contributed by atoms with Crippen LogP contribution in [0.25, 0.3) is 0 Å². The molecule has 0 aliphatic rings. The van der Waals surface area contributed by atoms with Gasteiger partial charge in [-0.15, -0.1) is 11.3 Å². The topological polar surface area (TPSA) is 55.1 Å². The van der Waals surface area contributed by atoms with Crippen LogP contribution < -0.4 is 11.1 Å². The molecule has 3 N–H and O–H groups in total. The molecule has 1 amide bonds. The molecular weight excluding hydrogens is 244 g/mol. The van der Waals surface area contributed by atoms with Crippen molar-refractivity contribution in [1.29, 1.82) is 0 Å². The second-order valence-corrected chi connectivity index (χ2v) is 5.76. The lowest BCUT2D eigenvalue weighted by atomic mass is 9.98. The van der Waals surface area contributed by atoms with E-state index in [0.717, 1.165) is 19.3 Å². The monoisotopic (exact) mass is 268 g/mol.